The van der Waals surface area contributed by atoms with Crippen molar-refractivity contribution in [2.24, 2.45) is 0 Å². The van der Waals surface area contributed by atoms with E-state index in [9.17, 15) is 15.3 Å². The summed E-state index contributed by atoms with van der Waals surface area (Å²) in [4.78, 5) is 17.5. The minimum Gasteiger partial charge on any atom is -0.437 e. The Labute approximate surface area is 172 Å². The van der Waals surface area contributed by atoms with Crippen LogP contribution in [0.2, 0.25) is 0 Å². The fraction of sp³-hybridized carbons (Fsp3) is 0.250. The SMILES string of the molecule is N#CC(C#N)=C1/C(=C/c2cc3oc(C4CCCCC4)nc3o2)C(=O)c2ccccc21. The first-order chi connectivity index (χ1) is 14.7. The Morgan fingerprint density at radius 1 is 1.07 bits per heavy atom. The number of rotatable bonds is 2. The van der Waals surface area contributed by atoms with Crippen molar-refractivity contribution in [3.8, 4) is 12.1 Å². The van der Waals surface area contributed by atoms with Crippen LogP contribution in [-0.4, -0.2) is 10.8 Å². The first-order valence-corrected chi connectivity index (χ1v) is 10.0. The lowest BCUT2D eigenvalue weighted by Gasteiger charge is -2.17. The molecule has 1 fully saturated rings. The minimum atomic E-state index is -0.243. The van der Waals surface area contributed by atoms with Gasteiger partial charge in [-0.15, -0.1) is 0 Å². The highest BCUT2D eigenvalue weighted by Crippen LogP contribution is 2.40. The standard InChI is InChI=1S/C24H17N3O3/c25-12-15(13-26)21-17-8-4-5-9-18(17)22(28)19(21)10-16-11-20-24(29-16)27-23(30-20)14-6-2-1-3-7-14/h4-5,8-11,14H,1-3,6-7H2/b19-10-. The Hall–Kier alpha value is -3.90. The highest BCUT2D eigenvalue weighted by atomic mass is 16.4. The Morgan fingerprint density at radius 2 is 1.80 bits per heavy atom. The third-order valence-corrected chi connectivity index (χ3v) is 5.79. The number of carbonyl (C=O) groups excluding carboxylic acids is 1. The number of allylic oxidation sites excluding steroid dienone is 3. The van der Waals surface area contributed by atoms with Gasteiger partial charge < -0.3 is 8.83 Å². The Morgan fingerprint density at radius 3 is 2.50 bits per heavy atom. The van der Waals surface area contributed by atoms with Crippen LogP contribution in [0.15, 0.2) is 50.3 Å². The lowest BCUT2D eigenvalue weighted by atomic mass is 9.89. The smallest absolute Gasteiger partial charge is 0.266 e. The van der Waals surface area contributed by atoms with Gasteiger partial charge in [0.25, 0.3) is 5.71 Å². The Kier molecular flexibility index (Phi) is 4.34. The van der Waals surface area contributed by atoms with E-state index in [1.807, 2.05) is 12.1 Å². The van der Waals surface area contributed by atoms with Crippen LogP contribution in [0.3, 0.4) is 0 Å². The van der Waals surface area contributed by atoms with Gasteiger partial charge in [0.15, 0.2) is 11.4 Å². The number of nitrogens with zero attached hydrogens (tertiary/aromatic N) is 3. The Balaban J connectivity index is 1.56. The molecule has 0 spiro atoms. The van der Waals surface area contributed by atoms with Gasteiger partial charge in [0.05, 0.1) is 0 Å². The third-order valence-electron chi connectivity index (χ3n) is 5.79. The molecule has 0 N–H and O–H groups in total. The van der Waals surface area contributed by atoms with E-state index in [4.69, 9.17) is 8.83 Å². The first kappa shape index (κ1) is 18.1. The van der Waals surface area contributed by atoms with E-state index < -0.39 is 0 Å². The monoisotopic (exact) mass is 395 g/mol. The second-order valence-electron chi connectivity index (χ2n) is 7.61. The quantitative estimate of drug-likeness (QED) is 0.416. The summed E-state index contributed by atoms with van der Waals surface area (Å²) >= 11 is 0. The third kappa shape index (κ3) is 2.86. The first-order valence-electron chi connectivity index (χ1n) is 10.0. The molecule has 146 valence electrons. The van der Waals surface area contributed by atoms with E-state index in [-0.39, 0.29) is 16.9 Å². The van der Waals surface area contributed by atoms with E-state index in [0.29, 0.717) is 45.6 Å². The maximum absolute atomic E-state index is 13.0. The zero-order valence-electron chi connectivity index (χ0n) is 16.1. The van der Waals surface area contributed by atoms with Gasteiger partial charge in [0.1, 0.15) is 23.5 Å². The van der Waals surface area contributed by atoms with Crippen molar-refractivity contribution in [3.63, 3.8) is 0 Å². The largest absolute Gasteiger partial charge is 0.437 e. The summed E-state index contributed by atoms with van der Waals surface area (Å²) in [5, 5.41) is 18.8. The lowest BCUT2D eigenvalue weighted by molar-refractivity contribution is 0.104. The second kappa shape index (κ2) is 7.17. The predicted molar refractivity (Wildman–Crippen MR) is 109 cm³/mol. The van der Waals surface area contributed by atoms with E-state index in [0.717, 1.165) is 12.8 Å². The number of nitriles is 2. The number of benzene rings is 1. The molecule has 0 radical (unpaired) electrons. The van der Waals surface area contributed by atoms with Crippen LogP contribution >= 0.6 is 0 Å². The summed E-state index contributed by atoms with van der Waals surface area (Å²) in [5.74, 6) is 1.20. The average Bonchev–Trinajstić information content (AvgIpc) is 3.42. The Bertz CT molecular complexity index is 1270. The van der Waals surface area contributed by atoms with Gasteiger partial charge in [-0.1, -0.05) is 43.5 Å². The van der Waals surface area contributed by atoms with Crippen LogP contribution in [0.5, 0.6) is 0 Å². The molecule has 0 atom stereocenters. The van der Waals surface area contributed by atoms with Crippen LogP contribution in [0, 0.1) is 22.7 Å². The van der Waals surface area contributed by atoms with Crippen LogP contribution in [0.1, 0.15) is 65.6 Å². The fourth-order valence-electron chi connectivity index (χ4n) is 4.35. The molecular weight excluding hydrogens is 378 g/mol. The van der Waals surface area contributed by atoms with Crippen molar-refractivity contribution >= 4 is 28.7 Å². The van der Waals surface area contributed by atoms with E-state index in [1.165, 1.54) is 19.3 Å². The zero-order valence-corrected chi connectivity index (χ0v) is 16.1. The number of Topliss-reactive ketones (excluding diaryl/α,β-unsaturated/α-hetero) is 1. The molecule has 3 aromatic rings. The maximum atomic E-state index is 13.0. The van der Waals surface area contributed by atoms with Crippen molar-refractivity contribution in [1.82, 2.24) is 4.98 Å². The highest BCUT2D eigenvalue weighted by molar-refractivity contribution is 6.29. The van der Waals surface area contributed by atoms with Crippen molar-refractivity contribution < 1.29 is 13.6 Å². The van der Waals surface area contributed by atoms with Crippen molar-refractivity contribution in [3.05, 3.63) is 64.3 Å². The fourth-order valence-corrected chi connectivity index (χ4v) is 4.35. The summed E-state index contributed by atoms with van der Waals surface area (Å²) in [6.45, 7) is 0. The van der Waals surface area contributed by atoms with Crippen LogP contribution < -0.4 is 0 Å². The number of fused-ring (bicyclic) bond motifs is 2. The topological polar surface area (TPSA) is 104 Å². The van der Waals surface area contributed by atoms with E-state index in [2.05, 4.69) is 4.98 Å². The van der Waals surface area contributed by atoms with E-state index >= 15 is 0 Å². The van der Waals surface area contributed by atoms with E-state index in [1.54, 1.807) is 36.4 Å². The van der Waals surface area contributed by atoms with Gasteiger partial charge in [-0.25, -0.2) is 0 Å². The summed E-state index contributed by atoms with van der Waals surface area (Å²) in [6, 6.07) is 12.5. The zero-order chi connectivity index (χ0) is 20.7. The molecule has 0 amide bonds. The molecule has 0 bridgehead atoms. The van der Waals surface area contributed by atoms with Gasteiger partial charge in [-0.05, 0) is 24.5 Å². The van der Waals surface area contributed by atoms with Gasteiger partial charge in [-0.2, -0.15) is 15.5 Å². The van der Waals surface area contributed by atoms with Gasteiger partial charge in [-0.3, -0.25) is 4.79 Å². The maximum Gasteiger partial charge on any atom is 0.266 e. The normalized spacial score (nSPS) is 17.9. The molecular formula is C24H17N3O3. The van der Waals surface area contributed by atoms with Crippen molar-refractivity contribution in [1.29, 1.82) is 10.5 Å². The molecule has 2 aliphatic rings. The summed E-state index contributed by atoms with van der Waals surface area (Å²) < 4.78 is 11.7. The average molecular weight is 395 g/mol. The summed E-state index contributed by atoms with van der Waals surface area (Å²) in [5.41, 5.74) is 2.48. The van der Waals surface area contributed by atoms with Crippen LogP contribution in [0.25, 0.3) is 22.9 Å². The number of carbonyl (C=O) groups is 1. The van der Waals surface area contributed by atoms with Crippen molar-refractivity contribution in [2.75, 3.05) is 0 Å². The van der Waals surface area contributed by atoms with Crippen molar-refractivity contribution in [2.45, 2.75) is 38.0 Å². The van der Waals surface area contributed by atoms with Crippen LogP contribution in [0.4, 0.5) is 0 Å². The summed E-state index contributed by atoms with van der Waals surface area (Å²) in [7, 11) is 0. The molecule has 30 heavy (non-hydrogen) atoms. The molecule has 2 aromatic heterocycles. The van der Waals surface area contributed by atoms with Crippen LogP contribution in [-0.2, 0) is 0 Å². The molecule has 6 nitrogen and oxygen atoms in total. The van der Waals surface area contributed by atoms with Gasteiger partial charge in [0, 0.05) is 28.7 Å². The minimum absolute atomic E-state index is 0.104. The number of hydrogen-bond acceptors (Lipinski definition) is 6. The second-order valence-corrected chi connectivity index (χ2v) is 7.61. The lowest BCUT2D eigenvalue weighted by Crippen LogP contribution is -2.04. The highest BCUT2D eigenvalue weighted by Gasteiger charge is 2.32. The molecule has 1 aromatic carbocycles. The molecule has 0 saturated heterocycles. The van der Waals surface area contributed by atoms with Gasteiger partial charge in [0.2, 0.25) is 5.89 Å². The van der Waals surface area contributed by atoms with Gasteiger partial charge >= 0.3 is 0 Å². The molecule has 5 rings (SSSR count). The molecule has 0 unspecified atom stereocenters. The molecule has 2 heterocycles. The number of oxazole rings is 1. The number of aromatic nitrogens is 1. The molecule has 0 aliphatic heterocycles. The summed E-state index contributed by atoms with van der Waals surface area (Å²) in [6.07, 6.45) is 7.33. The molecule has 2 aliphatic carbocycles. The molecule has 6 heteroatoms. The number of hydrogen-bond donors (Lipinski definition) is 0. The predicted octanol–water partition coefficient (Wildman–Crippen LogP) is 5.55. The number of furan rings is 1. The molecule has 1 saturated carbocycles. The number of ketones is 1.